The molecule has 0 bridgehead atoms. The van der Waals surface area contributed by atoms with Gasteiger partial charge in [-0.05, 0) is 47.1 Å². The lowest BCUT2D eigenvalue weighted by Crippen LogP contribution is -2.22. The number of anilines is 1. The maximum absolute atomic E-state index is 12.6. The van der Waals surface area contributed by atoms with E-state index in [9.17, 15) is 4.79 Å². The van der Waals surface area contributed by atoms with Crippen molar-refractivity contribution in [3.8, 4) is 11.6 Å². The Hall–Kier alpha value is -3.96. The molecule has 0 atom stereocenters. The molecule has 2 aromatic carbocycles. The van der Waals surface area contributed by atoms with Crippen LogP contribution < -0.4 is 15.9 Å². The molecule has 13 heteroatoms. The number of amides is 1. The first kappa shape index (κ1) is 22.2. The predicted molar refractivity (Wildman–Crippen MR) is 121 cm³/mol. The summed E-state index contributed by atoms with van der Waals surface area (Å²) in [4.78, 5) is 12.6. The molecule has 11 nitrogen and oxygen atoms in total. The molecule has 168 valence electrons. The van der Waals surface area contributed by atoms with Crippen LogP contribution in [0.2, 0.25) is 10.0 Å². The minimum absolute atomic E-state index is 0.0349. The van der Waals surface area contributed by atoms with Crippen molar-refractivity contribution in [1.29, 1.82) is 0 Å². The van der Waals surface area contributed by atoms with Gasteiger partial charge in [0.25, 0.3) is 5.91 Å². The normalized spacial score (nSPS) is 11.1. The van der Waals surface area contributed by atoms with Crippen molar-refractivity contribution in [3.05, 3.63) is 75.0 Å². The third-order valence-corrected chi connectivity index (χ3v) is 5.14. The zero-order chi connectivity index (χ0) is 23.4. The van der Waals surface area contributed by atoms with Crippen molar-refractivity contribution >= 4 is 41.1 Å². The maximum atomic E-state index is 12.6. The summed E-state index contributed by atoms with van der Waals surface area (Å²) in [6.07, 6.45) is 1.46. The third kappa shape index (κ3) is 4.94. The highest BCUT2D eigenvalue weighted by atomic mass is 35.5. The van der Waals surface area contributed by atoms with E-state index in [1.165, 1.54) is 6.21 Å². The Morgan fingerprint density at radius 2 is 2.00 bits per heavy atom. The number of rotatable bonds is 7. The lowest BCUT2D eigenvalue weighted by Gasteiger charge is -2.09. The number of carbonyl (C=O) groups is 1. The summed E-state index contributed by atoms with van der Waals surface area (Å²) in [7, 11) is 0. The Kier molecular flexibility index (Phi) is 6.52. The average molecular weight is 487 g/mol. The summed E-state index contributed by atoms with van der Waals surface area (Å²) in [5.41, 5.74) is 9.91. The van der Waals surface area contributed by atoms with Crippen LogP contribution in [-0.2, 0) is 6.61 Å². The van der Waals surface area contributed by atoms with E-state index < -0.39 is 5.91 Å². The standard InChI is InChI=1S/C20H16Cl2N8O3/c1-11-17(30(29-25-11)19-18(23)27-33-28-19)20(31)26-24-9-12-4-2-5-13(8-12)32-10-14-15(21)6-3-7-16(14)22/h2-9H,10H2,1H3,(H2,23,27)(H,26,31). The second kappa shape index (κ2) is 9.67. The van der Waals surface area contributed by atoms with E-state index in [4.69, 9.17) is 33.7 Å². The predicted octanol–water partition coefficient (Wildman–Crippen LogP) is 3.19. The molecule has 4 aromatic rings. The maximum Gasteiger partial charge on any atom is 0.292 e. The van der Waals surface area contributed by atoms with Gasteiger partial charge in [0.2, 0.25) is 11.6 Å². The number of nitrogens with zero attached hydrogens (tertiary/aromatic N) is 6. The molecule has 0 unspecified atom stereocenters. The van der Waals surface area contributed by atoms with Crippen molar-refractivity contribution in [3.63, 3.8) is 0 Å². The number of nitrogens with two attached hydrogens (primary N) is 1. The number of benzene rings is 2. The number of halogens is 2. The quantitative estimate of drug-likeness (QED) is 0.299. The molecular weight excluding hydrogens is 471 g/mol. The van der Waals surface area contributed by atoms with Crippen LogP contribution in [0.25, 0.3) is 5.82 Å². The fraction of sp³-hybridized carbons (Fsp3) is 0.100. The molecule has 0 spiro atoms. The summed E-state index contributed by atoms with van der Waals surface area (Å²) < 4.78 is 11.5. The van der Waals surface area contributed by atoms with Gasteiger partial charge >= 0.3 is 0 Å². The van der Waals surface area contributed by atoms with Gasteiger partial charge in [-0.15, -0.1) is 5.10 Å². The SMILES string of the molecule is Cc1nnn(-c2nonc2N)c1C(=O)NN=Cc1cccc(OCc2c(Cl)cccc2Cl)c1. The second-order valence-corrected chi connectivity index (χ2v) is 7.48. The van der Waals surface area contributed by atoms with E-state index in [0.29, 0.717) is 32.6 Å². The molecule has 0 aliphatic carbocycles. The topological polar surface area (TPSA) is 146 Å². The highest BCUT2D eigenvalue weighted by molar-refractivity contribution is 6.35. The fourth-order valence-corrected chi connectivity index (χ4v) is 3.34. The van der Waals surface area contributed by atoms with Gasteiger partial charge in [-0.3, -0.25) is 4.79 Å². The van der Waals surface area contributed by atoms with Crippen LogP contribution in [0, 0.1) is 6.92 Å². The summed E-state index contributed by atoms with van der Waals surface area (Å²) in [6.45, 7) is 1.81. The Morgan fingerprint density at radius 1 is 1.24 bits per heavy atom. The van der Waals surface area contributed by atoms with Crippen LogP contribution in [-0.4, -0.2) is 37.4 Å². The zero-order valence-electron chi connectivity index (χ0n) is 17.1. The number of hydrogen-bond donors (Lipinski definition) is 2. The van der Waals surface area contributed by atoms with Crippen LogP contribution in [0.4, 0.5) is 5.82 Å². The number of ether oxygens (including phenoxy) is 1. The van der Waals surface area contributed by atoms with Gasteiger partial charge in [0.1, 0.15) is 12.4 Å². The van der Waals surface area contributed by atoms with Crippen molar-refractivity contribution in [2.45, 2.75) is 13.5 Å². The summed E-state index contributed by atoms with van der Waals surface area (Å²) in [5.74, 6) is 0.0193. The Morgan fingerprint density at radius 3 is 2.73 bits per heavy atom. The zero-order valence-corrected chi connectivity index (χ0v) is 18.6. The van der Waals surface area contributed by atoms with Gasteiger partial charge in [-0.1, -0.05) is 46.6 Å². The molecule has 0 saturated heterocycles. The molecule has 0 aliphatic rings. The van der Waals surface area contributed by atoms with Crippen LogP contribution >= 0.6 is 23.2 Å². The van der Waals surface area contributed by atoms with E-state index in [1.54, 1.807) is 49.4 Å². The first-order valence-corrected chi connectivity index (χ1v) is 10.2. The highest BCUT2D eigenvalue weighted by Crippen LogP contribution is 2.26. The molecule has 1 amide bonds. The summed E-state index contributed by atoms with van der Waals surface area (Å²) in [5, 5.41) is 19.9. The lowest BCUT2D eigenvalue weighted by atomic mass is 10.2. The van der Waals surface area contributed by atoms with Gasteiger partial charge in [-0.25, -0.2) is 10.1 Å². The highest BCUT2D eigenvalue weighted by Gasteiger charge is 2.22. The molecule has 0 saturated carbocycles. The Labute approximate surface area is 197 Å². The smallest absolute Gasteiger partial charge is 0.292 e. The lowest BCUT2D eigenvalue weighted by molar-refractivity contribution is 0.0946. The minimum Gasteiger partial charge on any atom is -0.489 e. The summed E-state index contributed by atoms with van der Waals surface area (Å²) in [6, 6.07) is 12.4. The number of hydrogen-bond acceptors (Lipinski definition) is 9. The largest absolute Gasteiger partial charge is 0.489 e. The van der Waals surface area contributed by atoms with E-state index in [1.807, 2.05) is 0 Å². The van der Waals surface area contributed by atoms with Gasteiger partial charge in [-0.2, -0.15) is 9.78 Å². The Bertz CT molecular complexity index is 1310. The minimum atomic E-state index is -0.572. The van der Waals surface area contributed by atoms with E-state index in [-0.39, 0.29) is 23.9 Å². The van der Waals surface area contributed by atoms with Crippen molar-refractivity contribution in [1.82, 2.24) is 30.7 Å². The van der Waals surface area contributed by atoms with Crippen molar-refractivity contribution < 1.29 is 14.2 Å². The van der Waals surface area contributed by atoms with Crippen LogP contribution in [0.5, 0.6) is 5.75 Å². The summed E-state index contributed by atoms with van der Waals surface area (Å²) >= 11 is 12.3. The number of aryl methyl sites for hydroxylation is 1. The van der Waals surface area contributed by atoms with Gasteiger partial charge in [0.15, 0.2) is 5.69 Å². The van der Waals surface area contributed by atoms with E-state index in [0.717, 1.165) is 4.68 Å². The number of carbonyl (C=O) groups excluding carboxylic acids is 1. The first-order chi connectivity index (χ1) is 15.9. The molecule has 2 aromatic heterocycles. The van der Waals surface area contributed by atoms with Crippen molar-refractivity contribution in [2.75, 3.05) is 5.73 Å². The molecule has 3 N–H and O–H groups in total. The number of hydrazone groups is 1. The fourth-order valence-electron chi connectivity index (χ4n) is 2.83. The van der Waals surface area contributed by atoms with Gasteiger partial charge < -0.3 is 10.5 Å². The molecule has 0 aliphatic heterocycles. The molecule has 2 heterocycles. The van der Waals surface area contributed by atoms with E-state index in [2.05, 4.69) is 35.8 Å². The van der Waals surface area contributed by atoms with Gasteiger partial charge in [0.05, 0.1) is 11.9 Å². The number of nitrogens with one attached hydrogen (secondary N) is 1. The molecule has 0 fully saturated rings. The molecular formula is C20H16Cl2N8O3. The molecule has 33 heavy (non-hydrogen) atoms. The first-order valence-electron chi connectivity index (χ1n) is 9.44. The second-order valence-electron chi connectivity index (χ2n) is 6.67. The Balaban J connectivity index is 1.43. The molecule has 0 radical (unpaired) electrons. The third-order valence-electron chi connectivity index (χ3n) is 4.43. The number of nitrogen functional groups attached to an aromatic ring is 1. The number of aromatic nitrogens is 5. The van der Waals surface area contributed by atoms with Crippen LogP contribution in [0.15, 0.2) is 52.2 Å². The van der Waals surface area contributed by atoms with Crippen LogP contribution in [0.1, 0.15) is 27.3 Å². The monoisotopic (exact) mass is 486 g/mol. The molecule has 4 rings (SSSR count). The van der Waals surface area contributed by atoms with Crippen molar-refractivity contribution in [2.24, 2.45) is 5.10 Å². The van der Waals surface area contributed by atoms with Gasteiger partial charge in [0, 0.05) is 15.6 Å². The average Bonchev–Trinajstić information content (AvgIpc) is 3.38. The van der Waals surface area contributed by atoms with E-state index >= 15 is 0 Å². The van der Waals surface area contributed by atoms with Crippen LogP contribution in [0.3, 0.4) is 0 Å².